The molecule has 1 aliphatic carbocycles. The maximum absolute atomic E-state index is 11.6. The quantitative estimate of drug-likeness (QED) is 0.836. The van der Waals surface area contributed by atoms with Gasteiger partial charge in [-0.15, -0.1) is 0 Å². The van der Waals surface area contributed by atoms with E-state index in [2.05, 4.69) is 31.4 Å². The molecule has 0 aromatic carbocycles. The molecule has 0 spiro atoms. The molecule has 16 heavy (non-hydrogen) atoms. The molecule has 4 nitrogen and oxygen atoms in total. The summed E-state index contributed by atoms with van der Waals surface area (Å²) in [6, 6.07) is 0. The molecule has 0 atom stereocenters. The van der Waals surface area contributed by atoms with Gasteiger partial charge in [-0.2, -0.15) is 5.10 Å². The standard InChI is InChI=1S/C11H16BrN3O/c12-10-3-1-8(2-4-10)5-13-11(16)9-6-14-15-7-9/h6-8,10H,1-5H2,(H,13,16)(H,14,15). The van der Waals surface area contributed by atoms with Gasteiger partial charge in [0.25, 0.3) is 5.91 Å². The van der Waals surface area contributed by atoms with Gasteiger partial charge in [-0.3, -0.25) is 9.89 Å². The molecule has 1 fully saturated rings. The van der Waals surface area contributed by atoms with Crippen LogP contribution in [0.15, 0.2) is 12.4 Å². The summed E-state index contributed by atoms with van der Waals surface area (Å²) in [6.45, 7) is 0.781. The fraction of sp³-hybridized carbons (Fsp3) is 0.636. The van der Waals surface area contributed by atoms with Crippen LogP contribution < -0.4 is 5.32 Å². The maximum atomic E-state index is 11.6. The third kappa shape index (κ3) is 3.07. The van der Waals surface area contributed by atoms with E-state index in [1.54, 1.807) is 12.4 Å². The highest BCUT2D eigenvalue weighted by Gasteiger charge is 2.19. The van der Waals surface area contributed by atoms with E-state index in [1.807, 2.05) is 0 Å². The number of carbonyl (C=O) groups is 1. The van der Waals surface area contributed by atoms with Crippen LogP contribution in [0.2, 0.25) is 0 Å². The molecule has 1 saturated carbocycles. The Morgan fingerprint density at radius 3 is 2.88 bits per heavy atom. The Kier molecular flexibility index (Phi) is 3.98. The average molecular weight is 286 g/mol. The molecule has 0 unspecified atom stereocenters. The Morgan fingerprint density at radius 1 is 1.50 bits per heavy atom. The topological polar surface area (TPSA) is 57.8 Å². The number of nitrogens with one attached hydrogen (secondary N) is 2. The number of rotatable bonds is 3. The van der Waals surface area contributed by atoms with Crippen molar-refractivity contribution in [1.29, 1.82) is 0 Å². The Morgan fingerprint density at radius 2 is 2.25 bits per heavy atom. The summed E-state index contributed by atoms with van der Waals surface area (Å²) in [6.07, 6.45) is 7.98. The van der Waals surface area contributed by atoms with E-state index in [4.69, 9.17) is 0 Å². The number of nitrogens with zero attached hydrogens (tertiary/aromatic N) is 1. The van der Waals surface area contributed by atoms with Crippen molar-refractivity contribution >= 4 is 21.8 Å². The van der Waals surface area contributed by atoms with Crippen LogP contribution in [0.5, 0.6) is 0 Å². The van der Waals surface area contributed by atoms with Crippen molar-refractivity contribution in [3.63, 3.8) is 0 Å². The smallest absolute Gasteiger partial charge is 0.254 e. The number of hydrogen-bond acceptors (Lipinski definition) is 2. The number of halogens is 1. The number of H-pyrrole nitrogens is 1. The van der Waals surface area contributed by atoms with Gasteiger partial charge in [0.05, 0.1) is 11.8 Å². The van der Waals surface area contributed by atoms with Gasteiger partial charge >= 0.3 is 0 Å². The molecule has 0 bridgehead atoms. The molecular weight excluding hydrogens is 270 g/mol. The highest BCUT2D eigenvalue weighted by molar-refractivity contribution is 9.09. The molecule has 0 radical (unpaired) electrons. The zero-order valence-electron chi connectivity index (χ0n) is 9.08. The van der Waals surface area contributed by atoms with Gasteiger partial charge in [-0.1, -0.05) is 15.9 Å². The summed E-state index contributed by atoms with van der Waals surface area (Å²) < 4.78 is 0. The molecule has 1 aromatic heterocycles. The van der Waals surface area contributed by atoms with Crippen molar-refractivity contribution in [2.24, 2.45) is 5.92 Å². The Hall–Kier alpha value is -0.840. The van der Waals surface area contributed by atoms with Crippen molar-refractivity contribution in [3.05, 3.63) is 18.0 Å². The number of alkyl halides is 1. The number of aromatic amines is 1. The highest BCUT2D eigenvalue weighted by atomic mass is 79.9. The zero-order chi connectivity index (χ0) is 11.4. The lowest BCUT2D eigenvalue weighted by atomic mass is 9.89. The molecular formula is C11H16BrN3O. The van der Waals surface area contributed by atoms with Crippen LogP contribution in [-0.4, -0.2) is 27.5 Å². The first kappa shape index (κ1) is 11.6. The van der Waals surface area contributed by atoms with Gasteiger partial charge in [-0.25, -0.2) is 0 Å². The van der Waals surface area contributed by atoms with Crippen molar-refractivity contribution in [2.45, 2.75) is 30.5 Å². The van der Waals surface area contributed by atoms with Crippen LogP contribution in [0.4, 0.5) is 0 Å². The SMILES string of the molecule is O=C(NCC1CCC(Br)CC1)c1cn[nH]c1. The average Bonchev–Trinajstić information content (AvgIpc) is 2.81. The lowest BCUT2D eigenvalue weighted by molar-refractivity contribution is 0.0944. The second-order valence-electron chi connectivity index (χ2n) is 4.32. The molecule has 1 amide bonds. The fourth-order valence-electron chi connectivity index (χ4n) is 2.04. The summed E-state index contributed by atoms with van der Waals surface area (Å²) >= 11 is 3.63. The predicted molar refractivity (Wildman–Crippen MR) is 65.6 cm³/mol. The summed E-state index contributed by atoms with van der Waals surface area (Å²) in [5, 5.41) is 9.35. The van der Waals surface area contributed by atoms with E-state index in [-0.39, 0.29) is 5.91 Å². The minimum absolute atomic E-state index is 0.0327. The first-order valence-electron chi connectivity index (χ1n) is 5.66. The Balaban J connectivity index is 1.73. The largest absolute Gasteiger partial charge is 0.352 e. The van der Waals surface area contributed by atoms with E-state index >= 15 is 0 Å². The zero-order valence-corrected chi connectivity index (χ0v) is 10.7. The molecule has 88 valence electrons. The van der Waals surface area contributed by atoms with Crippen LogP contribution in [-0.2, 0) is 0 Å². The maximum Gasteiger partial charge on any atom is 0.254 e. The predicted octanol–water partition coefficient (Wildman–Crippen LogP) is 2.09. The van der Waals surface area contributed by atoms with E-state index in [9.17, 15) is 4.79 Å². The monoisotopic (exact) mass is 285 g/mol. The van der Waals surface area contributed by atoms with Crippen LogP contribution in [0.3, 0.4) is 0 Å². The van der Waals surface area contributed by atoms with E-state index in [0.717, 1.165) is 6.54 Å². The number of hydrogen-bond donors (Lipinski definition) is 2. The van der Waals surface area contributed by atoms with Crippen LogP contribution in [0.1, 0.15) is 36.0 Å². The lowest BCUT2D eigenvalue weighted by Crippen LogP contribution is -2.31. The number of amides is 1. The first-order chi connectivity index (χ1) is 7.75. The third-order valence-corrected chi connectivity index (χ3v) is 4.00. The van der Waals surface area contributed by atoms with Gasteiger partial charge in [0.2, 0.25) is 0 Å². The van der Waals surface area contributed by atoms with Crippen molar-refractivity contribution in [3.8, 4) is 0 Å². The normalized spacial score (nSPS) is 25.3. The minimum Gasteiger partial charge on any atom is -0.352 e. The molecule has 2 N–H and O–H groups in total. The second-order valence-corrected chi connectivity index (χ2v) is 5.61. The van der Waals surface area contributed by atoms with Gasteiger partial charge < -0.3 is 5.32 Å². The Labute approximate surface area is 103 Å². The molecule has 0 saturated heterocycles. The fourth-order valence-corrected chi connectivity index (χ4v) is 2.57. The lowest BCUT2D eigenvalue weighted by Gasteiger charge is -2.25. The first-order valence-corrected chi connectivity index (χ1v) is 6.58. The number of aromatic nitrogens is 2. The van der Waals surface area contributed by atoms with Crippen molar-refractivity contribution < 1.29 is 4.79 Å². The van der Waals surface area contributed by atoms with E-state index in [1.165, 1.54) is 25.7 Å². The molecule has 1 aliphatic rings. The Bertz CT molecular complexity index is 331. The van der Waals surface area contributed by atoms with Gasteiger partial charge in [0, 0.05) is 17.6 Å². The van der Waals surface area contributed by atoms with E-state index < -0.39 is 0 Å². The minimum atomic E-state index is -0.0327. The number of carbonyl (C=O) groups excluding carboxylic acids is 1. The summed E-state index contributed by atoms with van der Waals surface area (Å²) in [5.41, 5.74) is 0.606. The molecule has 5 heteroatoms. The van der Waals surface area contributed by atoms with Crippen LogP contribution in [0.25, 0.3) is 0 Å². The van der Waals surface area contributed by atoms with Crippen LogP contribution >= 0.6 is 15.9 Å². The highest BCUT2D eigenvalue weighted by Crippen LogP contribution is 2.28. The molecule has 1 aromatic rings. The van der Waals surface area contributed by atoms with Crippen LogP contribution in [0, 0.1) is 5.92 Å². The van der Waals surface area contributed by atoms with Crippen molar-refractivity contribution in [1.82, 2.24) is 15.5 Å². The van der Waals surface area contributed by atoms with Crippen molar-refractivity contribution in [2.75, 3.05) is 6.54 Å². The molecule has 2 rings (SSSR count). The van der Waals surface area contributed by atoms with Gasteiger partial charge in [0.1, 0.15) is 0 Å². The molecule has 1 heterocycles. The summed E-state index contributed by atoms with van der Waals surface area (Å²) in [5.74, 6) is 0.597. The summed E-state index contributed by atoms with van der Waals surface area (Å²) in [7, 11) is 0. The molecule has 0 aliphatic heterocycles. The van der Waals surface area contributed by atoms with Gasteiger partial charge in [-0.05, 0) is 31.6 Å². The second kappa shape index (κ2) is 5.48. The third-order valence-electron chi connectivity index (χ3n) is 3.09. The van der Waals surface area contributed by atoms with Gasteiger partial charge in [0.15, 0.2) is 0 Å². The summed E-state index contributed by atoms with van der Waals surface area (Å²) in [4.78, 5) is 12.3. The van der Waals surface area contributed by atoms with E-state index in [0.29, 0.717) is 16.3 Å².